The predicted molar refractivity (Wildman–Crippen MR) is 163 cm³/mol. The number of nitrogens with two attached hydrogens (primary N) is 1. The number of rotatable bonds is 6. The Balaban J connectivity index is 0.000000787. The van der Waals surface area contributed by atoms with Crippen molar-refractivity contribution in [3.63, 3.8) is 0 Å². The van der Waals surface area contributed by atoms with Crippen molar-refractivity contribution in [3.8, 4) is 22.4 Å². The summed E-state index contributed by atoms with van der Waals surface area (Å²) in [5.41, 5.74) is 13.1. The van der Waals surface area contributed by atoms with Gasteiger partial charge in [-0.05, 0) is 49.3 Å². The molecule has 0 saturated carbocycles. The van der Waals surface area contributed by atoms with Crippen LogP contribution >= 0.6 is 0 Å². The molecule has 0 aliphatic heterocycles. The van der Waals surface area contributed by atoms with Crippen molar-refractivity contribution < 1.29 is 4.79 Å². The van der Waals surface area contributed by atoms with Crippen LogP contribution in [-0.2, 0) is 11.2 Å². The quantitative estimate of drug-likeness (QED) is 0.279. The number of allylic oxidation sites excluding steroid dienone is 2. The molecule has 0 atom stereocenters. The Morgan fingerprint density at radius 3 is 2.23 bits per heavy atom. The maximum Gasteiger partial charge on any atom is 0.280 e. The molecule has 3 N–H and O–H groups in total. The van der Waals surface area contributed by atoms with E-state index < -0.39 is 0 Å². The Kier molecular flexibility index (Phi) is 11.0. The molecule has 0 spiro atoms. The molecular weight excluding hydrogens is 484 g/mol. The van der Waals surface area contributed by atoms with Gasteiger partial charge in [0.25, 0.3) is 5.56 Å². The molecule has 0 amide bonds. The van der Waals surface area contributed by atoms with Crippen molar-refractivity contribution in [1.29, 1.82) is 0 Å². The van der Waals surface area contributed by atoms with Gasteiger partial charge in [0.2, 0.25) is 0 Å². The average Bonchev–Trinajstić information content (AvgIpc) is 3.36. The molecule has 2 heterocycles. The zero-order valence-corrected chi connectivity index (χ0v) is 24.0. The van der Waals surface area contributed by atoms with Crippen LogP contribution in [0.3, 0.4) is 0 Å². The molecule has 0 fully saturated rings. The Hall–Kier alpha value is -3.77. The first-order chi connectivity index (χ1) is 19.0. The number of hydrogen-bond donors (Lipinski definition) is 2. The number of ketones is 1. The molecule has 206 valence electrons. The van der Waals surface area contributed by atoms with Gasteiger partial charge in [0, 0.05) is 17.5 Å². The third-order valence-corrected chi connectivity index (χ3v) is 6.51. The highest BCUT2D eigenvalue weighted by atomic mass is 16.1. The summed E-state index contributed by atoms with van der Waals surface area (Å²) in [7, 11) is 0. The SMILES string of the molecule is CC.CCC.Cc1nc2c(C3=CCCCC3)c(-c3ccccc3)[nH]n2c(=O)c1-c1ccc(CC(=O)CN)cc1. The van der Waals surface area contributed by atoms with Gasteiger partial charge in [-0.2, -0.15) is 4.52 Å². The number of fused-ring (bicyclic) bond motifs is 1. The normalized spacial score (nSPS) is 12.6. The molecule has 1 aliphatic carbocycles. The number of benzene rings is 2. The van der Waals surface area contributed by atoms with E-state index in [2.05, 4.69) is 37.2 Å². The van der Waals surface area contributed by atoms with Gasteiger partial charge in [0.1, 0.15) is 0 Å². The Morgan fingerprint density at radius 1 is 0.974 bits per heavy atom. The highest BCUT2D eigenvalue weighted by Crippen LogP contribution is 2.36. The van der Waals surface area contributed by atoms with Crippen LogP contribution in [-0.4, -0.2) is 26.9 Å². The molecule has 1 aliphatic rings. The van der Waals surface area contributed by atoms with Gasteiger partial charge in [-0.1, -0.05) is 94.8 Å². The number of Topliss-reactive ketones (excluding diaryl/α,β-unsaturated/α-hetero) is 1. The molecule has 39 heavy (non-hydrogen) atoms. The summed E-state index contributed by atoms with van der Waals surface area (Å²) in [4.78, 5) is 30.4. The number of H-pyrrole nitrogens is 1. The number of aromatic amines is 1. The summed E-state index contributed by atoms with van der Waals surface area (Å²) in [6.07, 6.45) is 8.18. The van der Waals surface area contributed by atoms with E-state index in [4.69, 9.17) is 10.7 Å². The molecule has 5 rings (SSSR count). The van der Waals surface area contributed by atoms with E-state index in [0.717, 1.165) is 47.2 Å². The first-order valence-corrected chi connectivity index (χ1v) is 14.2. The first-order valence-electron chi connectivity index (χ1n) is 14.2. The van der Waals surface area contributed by atoms with E-state index in [-0.39, 0.29) is 17.9 Å². The van der Waals surface area contributed by atoms with Crippen molar-refractivity contribution in [2.24, 2.45) is 5.73 Å². The largest absolute Gasteiger partial charge is 0.324 e. The fourth-order valence-electron chi connectivity index (χ4n) is 4.78. The second-order valence-electron chi connectivity index (χ2n) is 9.56. The van der Waals surface area contributed by atoms with Crippen LogP contribution in [0.1, 0.15) is 76.6 Å². The van der Waals surface area contributed by atoms with Crippen LogP contribution in [0.4, 0.5) is 0 Å². The summed E-state index contributed by atoms with van der Waals surface area (Å²) in [6.45, 7) is 10.2. The lowest BCUT2D eigenvalue weighted by molar-refractivity contribution is -0.117. The topological polar surface area (TPSA) is 93.2 Å². The standard InChI is InChI=1S/C28H28N4O2.C3H8.C2H6/c1-18-24(21-14-12-19(13-15-21)16-23(33)17-29)28(34)32-27(30-18)25(20-8-4-2-5-9-20)26(31-32)22-10-6-3-7-11-22;1-3-2;1-2/h3,6-8,10-15,31H,2,4-5,9,16-17,29H2,1H3;3H2,1-2H3;1-2H3. The van der Waals surface area contributed by atoms with E-state index in [1.165, 1.54) is 18.4 Å². The molecule has 0 radical (unpaired) electrons. The molecule has 6 nitrogen and oxygen atoms in total. The lowest BCUT2D eigenvalue weighted by Crippen LogP contribution is -2.19. The minimum absolute atomic E-state index is 0.0172. The van der Waals surface area contributed by atoms with Gasteiger partial charge in [-0.3, -0.25) is 14.7 Å². The number of aromatic nitrogens is 3. The van der Waals surface area contributed by atoms with Crippen molar-refractivity contribution >= 4 is 17.0 Å². The zero-order chi connectivity index (χ0) is 28.4. The van der Waals surface area contributed by atoms with Crippen LogP contribution in [0, 0.1) is 6.92 Å². The summed E-state index contributed by atoms with van der Waals surface area (Å²) in [5, 5.41) is 3.37. The fraction of sp³-hybridized carbons (Fsp3) is 0.364. The fourth-order valence-corrected chi connectivity index (χ4v) is 4.78. The molecule has 0 saturated heterocycles. The Labute approximate surface area is 232 Å². The molecule has 0 bridgehead atoms. The molecule has 4 aromatic rings. The smallest absolute Gasteiger partial charge is 0.280 e. The van der Waals surface area contributed by atoms with Gasteiger partial charge in [0.05, 0.1) is 23.5 Å². The number of nitrogens with one attached hydrogen (secondary N) is 1. The molecule has 2 aromatic heterocycles. The number of carbonyl (C=O) groups excluding carboxylic acids is 1. The van der Waals surface area contributed by atoms with Crippen molar-refractivity contribution in [3.05, 3.63) is 87.8 Å². The third-order valence-electron chi connectivity index (χ3n) is 6.51. The maximum atomic E-state index is 13.7. The van der Waals surface area contributed by atoms with Crippen LogP contribution in [0.2, 0.25) is 0 Å². The van der Waals surface area contributed by atoms with Crippen molar-refractivity contribution in [2.75, 3.05) is 6.54 Å². The second kappa shape index (κ2) is 14.4. The minimum atomic E-state index is -0.131. The number of nitrogens with zero attached hydrogens (tertiary/aromatic N) is 2. The lowest BCUT2D eigenvalue weighted by atomic mass is 9.92. The molecule has 2 aromatic carbocycles. The highest BCUT2D eigenvalue weighted by Gasteiger charge is 2.23. The monoisotopic (exact) mass is 526 g/mol. The van der Waals surface area contributed by atoms with Gasteiger partial charge >= 0.3 is 0 Å². The van der Waals surface area contributed by atoms with Gasteiger partial charge in [0.15, 0.2) is 11.4 Å². The first kappa shape index (κ1) is 29.8. The van der Waals surface area contributed by atoms with E-state index in [1.807, 2.05) is 63.2 Å². The van der Waals surface area contributed by atoms with E-state index in [0.29, 0.717) is 23.3 Å². The van der Waals surface area contributed by atoms with Crippen LogP contribution < -0.4 is 11.3 Å². The van der Waals surface area contributed by atoms with E-state index >= 15 is 0 Å². The predicted octanol–water partition coefficient (Wildman–Crippen LogP) is 7.14. The van der Waals surface area contributed by atoms with E-state index in [9.17, 15) is 9.59 Å². The summed E-state index contributed by atoms with van der Waals surface area (Å²) in [5.74, 6) is -0.0172. The average molecular weight is 527 g/mol. The molecular formula is C33H42N4O2. The molecule has 0 unspecified atom stereocenters. The minimum Gasteiger partial charge on any atom is -0.324 e. The summed E-state index contributed by atoms with van der Waals surface area (Å²) in [6, 6.07) is 17.6. The lowest BCUT2D eigenvalue weighted by Gasteiger charge is -2.14. The van der Waals surface area contributed by atoms with Crippen LogP contribution in [0.25, 0.3) is 33.6 Å². The number of aryl methyl sites for hydroxylation is 1. The highest BCUT2D eigenvalue weighted by molar-refractivity contribution is 5.88. The van der Waals surface area contributed by atoms with Gasteiger partial charge < -0.3 is 5.73 Å². The Bertz CT molecular complexity index is 1460. The van der Waals surface area contributed by atoms with Crippen molar-refractivity contribution in [1.82, 2.24) is 14.6 Å². The van der Waals surface area contributed by atoms with Gasteiger partial charge in [-0.15, -0.1) is 0 Å². The number of hydrogen-bond acceptors (Lipinski definition) is 4. The van der Waals surface area contributed by atoms with E-state index in [1.54, 1.807) is 4.52 Å². The van der Waals surface area contributed by atoms with Gasteiger partial charge in [-0.25, -0.2) is 4.98 Å². The number of carbonyl (C=O) groups is 1. The van der Waals surface area contributed by atoms with Crippen LogP contribution in [0.15, 0.2) is 65.5 Å². The van der Waals surface area contributed by atoms with Crippen LogP contribution in [0.5, 0.6) is 0 Å². The Morgan fingerprint density at radius 2 is 1.64 bits per heavy atom. The molecule has 6 heteroatoms. The third kappa shape index (κ3) is 6.82. The van der Waals surface area contributed by atoms with Crippen molar-refractivity contribution in [2.45, 2.75) is 73.1 Å². The second-order valence-corrected chi connectivity index (χ2v) is 9.56. The summed E-state index contributed by atoms with van der Waals surface area (Å²) < 4.78 is 1.58. The summed E-state index contributed by atoms with van der Waals surface area (Å²) >= 11 is 0. The maximum absolute atomic E-state index is 13.7. The zero-order valence-electron chi connectivity index (χ0n) is 24.0.